The number of oxime groups is 1. The Morgan fingerprint density at radius 2 is 1.86 bits per heavy atom. The number of rotatable bonds is 6. The van der Waals surface area contributed by atoms with Crippen LogP contribution in [0.5, 0.6) is 0 Å². The molecule has 1 saturated carbocycles. The van der Waals surface area contributed by atoms with E-state index in [9.17, 15) is 0 Å². The van der Waals surface area contributed by atoms with Gasteiger partial charge in [0.1, 0.15) is 0 Å². The molecule has 1 unspecified atom stereocenters. The molecule has 0 amide bonds. The van der Waals surface area contributed by atoms with Gasteiger partial charge in [-0.1, -0.05) is 30.3 Å². The zero-order chi connectivity index (χ0) is 15.1. The third kappa shape index (κ3) is 4.85. The van der Waals surface area contributed by atoms with Crippen molar-refractivity contribution >= 4 is 6.21 Å². The van der Waals surface area contributed by atoms with Crippen molar-refractivity contribution in [3.63, 3.8) is 0 Å². The Balaban J connectivity index is 1.88. The average molecular weight is 288 g/mol. The molecule has 0 bridgehead atoms. The van der Waals surface area contributed by atoms with Crippen molar-refractivity contribution in [3.05, 3.63) is 35.9 Å². The molecule has 2 rings (SSSR count). The van der Waals surface area contributed by atoms with Crippen molar-refractivity contribution < 1.29 is 5.21 Å². The van der Waals surface area contributed by atoms with Gasteiger partial charge in [0.2, 0.25) is 0 Å². The maximum Gasteiger partial charge on any atom is 0.0466 e. The minimum Gasteiger partial charge on any atom is -0.411 e. The summed E-state index contributed by atoms with van der Waals surface area (Å²) in [5, 5.41) is 11.9. The first-order chi connectivity index (χ1) is 10.2. The number of aryl methyl sites for hydroxylation is 1. The summed E-state index contributed by atoms with van der Waals surface area (Å²) in [6.45, 7) is 0. The predicted octanol–water partition coefficient (Wildman–Crippen LogP) is 3.82. The Hall–Kier alpha value is -1.35. The standard InChI is InChI=1S/C18H28N2O/c1-20(2)18(13-10-15-6-4-3-5-7-15)17-11-8-16(9-12-17)14-19-21/h3-7,14,16-18,21H,8-13H2,1-2H3/b19-14+. The second kappa shape index (κ2) is 8.18. The fourth-order valence-electron chi connectivity index (χ4n) is 3.65. The van der Waals surface area contributed by atoms with Crippen LogP contribution in [0.3, 0.4) is 0 Å². The molecule has 0 aromatic heterocycles. The normalized spacial score (nSPS) is 24.5. The number of hydrogen-bond donors (Lipinski definition) is 1. The summed E-state index contributed by atoms with van der Waals surface area (Å²) >= 11 is 0. The first-order valence-corrected chi connectivity index (χ1v) is 8.08. The van der Waals surface area contributed by atoms with E-state index in [1.54, 1.807) is 6.21 Å². The lowest BCUT2D eigenvalue weighted by atomic mass is 9.77. The Bertz CT molecular complexity index is 422. The predicted molar refractivity (Wildman–Crippen MR) is 88.0 cm³/mol. The maximum atomic E-state index is 8.65. The third-order valence-electron chi connectivity index (χ3n) is 4.87. The Morgan fingerprint density at radius 1 is 1.19 bits per heavy atom. The lowest BCUT2D eigenvalue weighted by molar-refractivity contribution is 0.152. The van der Waals surface area contributed by atoms with E-state index in [4.69, 9.17) is 5.21 Å². The van der Waals surface area contributed by atoms with Gasteiger partial charge in [-0.15, -0.1) is 5.16 Å². The molecule has 0 spiro atoms. The first-order valence-electron chi connectivity index (χ1n) is 8.08. The van der Waals surface area contributed by atoms with Crippen LogP contribution in [0.25, 0.3) is 0 Å². The van der Waals surface area contributed by atoms with Gasteiger partial charge in [-0.25, -0.2) is 0 Å². The van der Waals surface area contributed by atoms with E-state index in [1.165, 1.54) is 24.8 Å². The highest BCUT2D eigenvalue weighted by atomic mass is 16.4. The molecule has 1 fully saturated rings. The summed E-state index contributed by atoms with van der Waals surface area (Å²) < 4.78 is 0. The summed E-state index contributed by atoms with van der Waals surface area (Å²) in [5.41, 5.74) is 1.44. The molecule has 1 aliphatic carbocycles. The van der Waals surface area contributed by atoms with E-state index in [-0.39, 0.29) is 0 Å². The lowest BCUT2D eigenvalue weighted by Crippen LogP contribution is -2.37. The first kappa shape index (κ1) is 16.0. The van der Waals surface area contributed by atoms with Crippen LogP contribution in [0.2, 0.25) is 0 Å². The molecule has 0 aliphatic heterocycles. The van der Waals surface area contributed by atoms with Gasteiger partial charge in [-0.05, 0) is 70.0 Å². The Kier molecular flexibility index (Phi) is 6.24. The van der Waals surface area contributed by atoms with Gasteiger partial charge in [0, 0.05) is 12.3 Å². The zero-order valence-electron chi connectivity index (χ0n) is 13.3. The van der Waals surface area contributed by atoms with Gasteiger partial charge in [0.25, 0.3) is 0 Å². The van der Waals surface area contributed by atoms with Crippen LogP contribution in [0.15, 0.2) is 35.5 Å². The summed E-state index contributed by atoms with van der Waals surface area (Å²) in [7, 11) is 4.41. The molecule has 1 N–H and O–H groups in total. The van der Waals surface area contributed by atoms with Crippen molar-refractivity contribution in [2.24, 2.45) is 17.0 Å². The SMILES string of the molecule is CN(C)C(CCc1ccccc1)C1CCC(/C=N/O)CC1. The van der Waals surface area contributed by atoms with E-state index >= 15 is 0 Å². The van der Waals surface area contributed by atoms with Crippen LogP contribution in [0, 0.1) is 11.8 Å². The molecule has 1 aromatic rings. The van der Waals surface area contributed by atoms with Crippen molar-refractivity contribution in [1.82, 2.24) is 4.90 Å². The molecule has 0 heterocycles. The lowest BCUT2D eigenvalue weighted by Gasteiger charge is -2.36. The van der Waals surface area contributed by atoms with E-state index in [2.05, 4.69) is 54.5 Å². The molecular weight excluding hydrogens is 260 g/mol. The molecular formula is C18H28N2O. The van der Waals surface area contributed by atoms with Gasteiger partial charge in [0.15, 0.2) is 0 Å². The molecule has 0 radical (unpaired) electrons. The molecule has 3 nitrogen and oxygen atoms in total. The highest BCUT2D eigenvalue weighted by Crippen LogP contribution is 2.33. The van der Waals surface area contributed by atoms with Gasteiger partial charge >= 0.3 is 0 Å². The fourth-order valence-corrected chi connectivity index (χ4v) is 3.65. The van der Waals surface area contributed by atoms with Crippen LogP contribution < -0.4 is 0 Å². The van der Waals surface area contributed by atoms with Crippen LogP contribution in [0.4, 0.5) is 0 Å². The van der Waals surface area contributed by atoms with Crippen molar-refractivity contribution in [2.45, 2.75) is 44.6 Å². The molecule has 1 aromatic carbocycles. The quantitative estimate of drug-likeness (QED) is 0.491. The van der Waals surface area contributed by atoms with E-state index in [1.807, 2.05) is 0 Å². The van der Waals surface area contributed by atoms with Crippen LogP contribution in [-0.2, 0) is 6.42 Å². The number of hydrogen-bond acceptors (Lipinski definition) is 3. The summed E-state index contributed by atoms with van der Waals surface area (Å²) in [6, 6.07) is 11.4. The molecule has 21 heavy (non-hydrogen) atoms. The second-order valence-electron chi connectivity index (χ2n) is 6.49. The number of nitrogens with zero attached hydrogens (tertiary/aromatic N) is 2. The molecule has 116 valence electrons. The van der Waals surface area contributed by atoms with Gasteiger partial charge in [-0.3, -0.25) is 0 Å². The third-order valence-corrected chi connectivity index (χ3v) is 4.87. The Labute approximate surface area is 128 Å². The zero-order valence-corrected chi connectivity index (χ0v) is 13.3. The van der Waals surface area contributed by atoms with E-state index in [0.717, 1.165) is 25.2 Å². The Morgan fingerprint density at radius 3 is 2.43 bits per heavy atom. The maximum absolute atomic E-state index is 8.65. The topological polar surface area (TPSA) is 35.8 Å². The van der Waals surface area contributed by atoms with Crippen LogP contribution in [-0.4, -0.2) is 36.5 Å². The largest absolute Gasteiger partial charge is 0.411 e. The summed E-state index contributed by atoms with van der Waals surface area (Å²) in [4.78, 5) is 2.40. The monoisotopic (exact) mass is 288 g/mol. The van der Waals surface area contributed by atoms with Gasteiger partial charge in [0.05, 0.1) is 0 Å². The van der Waals surface area contributed by atoms with Crippen molar-refractivity contribution in [1.29, 1.82) is 0 Å². The average Bonchev–Trinajstić information content (AvgIpc) is 2.50. The van der Waals surface area contributed by atoms with Gasteiger partial charge < -0.3 is 10.1 Å². The molecule has 1 atom stereocenters. The minimum absolute atomic E-state index is 0.475. The van der Waals surface area contributed by atoms with Crippen LogP contribution in [0.1, 0.15) is 37.7 Å². The van der Waals surface area contributed by atoms with Crippen molar-refractivity contribution in [2.75, 3.05) is 14.1 Å². The molecule has 1 aliphatic rings. The van der Waals surface area contributed by atoms with Crippen molar-refractivity contribution in [3.8, 4) is 0 Å². The summed E-state index contributed by atoms with van der Waals surface area (Å²) in [5.74, 6) is 1.25. The van der Waals surface area contributed by atoms with E-state index < -0.39 is 0 Å². The molecule has 0 saturated heterocycles. The highest BCUT2D eigenvalue weighted by molar-refractivity contribution is 5.59. The van der Waals surface area contributed by atoms with E-state index in [0.29, 0.717) is 12.0 Å². The smallest absolute Gasteiger partial charge is 0.0466 e. The summed E-state index contributed by atoms with van der Waals surface area (Å²) in [6.07, 6.45) is 8.89. The van der Waals surface area contributed by atoms with Crippen LogP contribution >= 0.6 is 0 Å². The minimum atomic E-state index is 0.475. The van der Waals surface area contributed by atoms with Gasteiger partial charge in [-0.2, -0.15) is 0 Å². The second-order valence-corrected chi connectivity index (χ2v) is 6.49. The number of benzene rings is 1. The fraction of sp³-hybridized carbons (Fsp3) is 0.611. The molecule has 3 heteroatoms. The highest BCUT2D eigenvalue weighted by Gasteiger charge is 2.28.